The molecule has 4 heterocycles. The lowest BCUT2D eigenvalue weighted by Crippen LogP contribution is -2.40. The van der Waals surface area contributed by atoms with Crippen molar-refractivity contribution in [2.45, 2.75) is 32.7 Å². The average Bonchev–Trinajstić information content (AvgIpc) is 3.56. The third-order valence-electron chi connectivity index (χ3n) is 7.63. The number of carbonyl (C=O) groups excluding carboxylic acids is 1. The van der Waals surface area contributed by atoms with Crippen LogP contribution >= 0.6 is 0 Å². The quantitative estimate of drug-likeness (QED) is 0.258. The van der Waals surface area contributed by atoms with Crippen LogP contribution in [-0.2, 0) is 16.6 Å². The number of hydrogen-bond donors (Lipinski definition) is 0. The number of piperidine rings is 1. The molecule has 41 heavy (non-hydrogen) atoms. The van der Waals surface area contributed by atoms with E-state index in [0.717, 1.165) is 75.5 Å². The van der Waals surface area contributed by atoms with Crippen LogP contribution in [0.25, 0.3) is 33.3 Å². The molecule has 210 valence electrons. The lowest BCUT2D eigenvalue weighted by Gasteiger charge is -2.32. The van der Waals surface area contributed by atoms with Crippen molar-refractivity contribution in [1.82, 2.24) is 34.2 Å². The number of ether oxygens (including phenoxy) is 2. The zero-order valence-electron chi connectivity index (χ0n) is 23.7. The Kier molecular flexibility index (Phi) is 7.23. The molecule has 2 aromatic carbocycles. The number of hydrogen-bond acceptors (Lipinski definition) is 7. The maximum Gasteiger partial charge on any atom is 0.246 e. The second kappa shape index (κ2) is 11.1. The Bertz CT molecular complexity index is 1770. The molecule has 1 aliphatic rings. The van der Waals surface area contributed by atoms with Gasteiger partial charge in [0.15, 0.2) is 5.65 Å². The fourth-order valence-electron chi connectivity index (χ4n) is 5.50. The summed E-state index contributed by atoms with van der Waals surface area (Å²) in [7, 11) is 3.59. The summed E-state index contributed by atoms with van der Waals surface area (Å²) in [4.78, 5) is 28.2. The highest BCUT2D eigenvalue weighted by molar-refractivity contribution is 5.93. The number of methoxy groups -OCH3 is 1. The van der Waals surface area contributed by atoms with Gasteiger partial charge in [-0.05, 0) is 62.6 Å². The third-order valence-corrected chi connectivity index (χ3v) is 7.63. The summed E-state index contributed by atoms with van der Waals surface area (Å²) in [6, 6.07) is 12.0. The molecular weight excluding hydrogens is 518 g/mol. The molecule has 0 bridgehead atoms. The first kappa shape index (κ1) is 26.6. The van der Waals surface area contributed by atoms with E-state index in [9.17, 15) is 4.79 Å². The van der Waals surface area contributed by atoms with Gasteiger partial charge in [0.2, 0.25) is 5.91 Å². The summed E-state index contributed by atoms with van der Waals surface area (Å²) >= 11 is 0. The summed E-state index contributed by atoms with van der Waals surface area (Å²) in [6.45, 7) is 5.72. The lowest BCUT2D eigenvalue weighted by molar-refractivity contribution is -0.127. The minimum atomic E-state index is -0.0114. The summed E-state index contributed by atoms with van der Waals surface area (Å²) in [5.41, 5.74) is 6.36. The van der Waals surface area contributed by atoms with Crippen molar-refractivity contribution in [3.63, 3.8) is 0 Å². The van der Waals surface area contributed by atoms with Crippen LogP contribution in [0, 0.1) is 13.8 Å². The fraction of sp³-hybridized carbons (Fsp3) is 0.323. The normalized spacial score (nSPS) is 15.8. The Morgan fingerprint density at radius 1 is 1.12 bits per heavy atom. The summed E-state index contributed by atoms with van der Waals surface area (Å²) < 4.78 is 15.3. The van der Waals surface area contributed by atoms with Crippen LogP contribution in [0.15, 0.2) is 61.2 Å². The van der Waals surface area contributed by atoms with E-state index in [1.54, 1.807) is 31.9 Å². The van der Waals surface area contributed by atoms with E-state index in [1.165, 1.54) is 0 Å². The van der Waals surface area contributed by atoms with Gasteiger partial charge in [0.25, 0.3) is 0 Å². The molecule has 10 heteroatoms. The smallest absolute Gasteiger partial charge is 0.246 e. The van der Waals surface area contributed by atoms with Crippen LogP contribution in [0.2, 0.25) is 0 Å². The van der Waals surface area contributed by atoms with Gasteiger partial charge in [0, 0.05) is 45.0 Å². The predicted octanol–water partition coefficient (Wildman–Crippen LogP) is 5.16. The number of likely N-dealkylation sites (tertiary alicyclic amines) is 1. The first-order chi connectivity index (χ1) is 19.9. The van der Waals surface area contributed by atoms with Gasteiger partial charge in [-0.3, -0.25) is 4.79 Å². The first-order valence-electron chi connectivity index (χ1n) is 13.8. The molecule has 1 amide bonds. The number of aromatic nitrogens is 6. The molecule has 0 aliphatic carbocycles. The van der Waals surface area contributed by atoms with E-state index in [-0.39, 0.29) is 11.9 Å². The predicted molar refractivity (Wildman–Crippen MR) is 157 cm³/mol. The Hall–Kier alpha value is -4.57. The van der Waals surface area contributed by atoms with Gasteiger partial charge in [-0.2, -0.15) is 5.10 Å². The Morgan fingerprint density at radius 2 is 2.00 bits per heavy atom. The van der Waals surface area contributed by atoms with Gasteiger partial charge in [0.05, 0.1) is 41.1 Å². The van der Waals surface area contributed by atoms with E-state index < -0.39 is 0 Å². The third kappa shape index (κ3) is 5.18. The van der Waals surface area contributed by atoms with E-state index in [0.29, 0.717) is 13.2 Å². The number of rotatable bonds is 7. The average molecular weight is 552 g/mol. The highest BCUT2D eigenvalue weighted by Gasteiger charge is 2.28. The van der Waals surface area contributed by atoms with Crippen LogP contribution < -0.4 is 4.74 Å². The molecular formula is C31H33N7O3. The SMILES string of the molecule is COC/C=C/C(=O)N1CCC[C@@H](n2nc(-c3ccc(Oc4ccc5c(c4)ncn5C)c(C)c3)c3c(C)ncnc32)C1. The highest BCUT2D eigenvalue weighted by Crippen LogP contribution is 2.35. The van der Waals surface area contributed by atoms with E-state index >= 15 is 0 Å². The molecule has 10 nitrogen and oxygen atoms in total. The standard InChI is InChI=1S/C31H33N7O3/c1-20-15-22(9-12-27(20)41-24-10-11-26-25(16-24)34-19-36(26)3)30-29-21(2)32-18-33-31(29)38(35-30)23-7-5-13-37(17-23)28(39)8-6-14-40-4/h6,8-12,15-16,18-19,23H,5,7,13-14,17H2,1-4H3/b8-6+/t23-/m1/s1. The molecule has 1 aliphatic heterocycles. The lowest BCUT2D eigenvalue weighted by atomic mass is 10.0. The number of fused-ring (bicyclic) bond motifs is 2. The van der Waals surface area contributed by atoms with Gasteiger partial charge in [0.1, 0.15) is 23.5 Å². The molecule has 3 aromatic heterocycles. The van der Waals surface area contributed by atoms with Crippen LogP contribution in [0.1, 0.15) is 30.1 Å². The van der Waals surface area contributed by atoms with Gasteiger partial charge < -0.3 is 18.9 Å². The summed E-state index contributed by atoms with van der Waals surface area (Å²) in [5, 5.41) is 6.01. The van der Waals surface area contributed by atoms with Gasteiger partial charge in [-0.1, -0.05) is 6.08 Å². The van der Waals surface area contributed by atoms with Crippen LogP contribution in [0.4, 0.5) is 0 Å². The molecule has 6 rings (SSSR count). The first-order valence-corrected chi connectivity index (χ1v) is 13.8. The van der Waals surface area contributed by atoms with Gasteiger partial charge >= 0.3 is 0 Å². The van der Waals surface area contributed by atoms with Crippen molar-refractivity contribution < 1.29 is 14.3 Å². The topological polar surface area (TPSA) is 100 Å². The molecule has 1 atom stereocenters. The van der Waals surface area contributed by atoms with Gasteiger partial charge in [-0.25, -0.2) is 19.6 Å². The molecule has 0 spiro atoms. The van der Waals surface area contributed by atoms with Crippen LogP contribution in [0.5, 0.6) is 11.5 Å². The minimum Gasteiger partial charge on any atom is -0.457 e. The zero-order chi connectivity index (χ0) is 28.5. The van der Waals surface area contributed by atoms with Crippen LogP contribution in [-0.4, -0.2) is 66.9 Å². The Morgan fingerprint density at radius 3 is 2.83 bits per heavy atom. The van der Waals surface area contributed by atoms with E-state index in [2.05, 4.69) is 21.0 Å². The minimum absolute atomic E-state index is 0.0114. The maximum absolute atomic E-state index is 12.8. The molecule has 0 radical (unpaired) electrons. The summed E-state index contributed by atoms with van der Waals surface area (Å²) in [5.74, 6) is 1.49. The van der Waals surface area contributed by atoms with Crippen molar-refractivity contribution >= 4 is 28.0 Å². The second-order valence-corrected chi connectivity index (χ2v) is 10.5. The van der Waals surface area contributed by atoms with Crippen LogP contribution in [0.3, 0.4) is 0 Å². The molecule has 0 N–H and O–H groups in total. The van der Waals surface area contributed by atoms with E-state index in [4.69, 9.17) is 14.6 Å². The number of aryl methyl sites for hydroxylation is 3. The van der Waals surface area contributed by atoms with Crippen molar-refractivity contribution in [2.24, 2.45) is 7.05 Å². The van der Waals surface area contributed by atoms with Crippen molar-refractivity contribution in [3.8, 4) is 22.8 Å². The second-order valence-electron chi connectivity index (χ2n) is 10.5. The van der Waals surface area contributed by atoms with Crippen molar-refractivity contribution in [1.29, 1.82) is 0 Å². The highest BCUT2D eigenvalue weighted by atomic mass is 16.5. The summed E-state index contributed by atoms with van der Waals surface area (Å²) in [6.07, 6.45) is 8.52. The monoisotopic (exact) mass is 551 g/mol. The van der Waals surface area contributed by atoms with E-state index in [1.807, 2.05) is 65.4 Å². The largest absolute Gasteiger partial charge is 0.457 e. The molecule has 0 unspecified atom stereocenters. The number of carbonyl (C=O) groups is 1. The van der Waals surface area contributed by atoms with Crippen molar-refractivity contribution in [3.05, 3.63) is 72.5 Å². The Labute approximate surface area is 238 Å². The van der Waals surface area contributed by atoms with Crippen molar-refractivity contribution in [2.75, 3.05) is 26.8 Å². The number of nitrogens with zero attached hydrogens (tertiary/aromatic N) is 7. The number of benzene rings is 2. The molecule has 0 saturated carbocycles. The zero-order valence-corrected chi connectivity index (χ0v) is 23.7. The van der Waals surface area contributed by atoms with Gasteiger partial charge in [-0.15, -0.1) is 0 Å². The maximum atomic E-state index is 12.8. The molecule has 5 aromatic rings. The Balaban J connectivity index is 1.30. The fourth-order valence-corrected chi connectivity index (χ4v) is 5.50. The number of amides is 1. The molecule has 1 saturated heterocycles. The number of imidazole rings is 1. The molecule has 1 fully saturated rings.